The van der Waals surface area contributed by atoms with Crippen LogP contribution in [0.1, 0.15) is 5.69 Å². The number of aryl methyl sites for hydroxylation is 1. The average molecular weight is 228 g/mol. The lowest BCUT2D eigenvalue weighted by atomic mass is 10.2. The van der Waals surface area contributed by atoms with Crippen molar-refractivity contribution in [1.29, 1.82) is 0 Å². The van der Waals surface area contributed by atoms with E-state index >= 15 is 0 Å². The minimum absolute atomic E-state index is 0.587. The normalized spacial score (nSPS) is 10.2. The molecule has 0 saturated carbocycles. The van der Waals surface area contributed by atoms with Gasteiger partial charge in [-0.25, -0.2) is 9.97 Å². The van der Waals surface area contributed by atoms with Crippen molar-refractivity contribution in [3.8, 4) is 11.4 Å². The molecule has 0 unspecified atom stereocenters. The first-order valence-electron chi connectivity index (χ1n) is 5.64. The molecule has 3 N–H and O–H groups in total. The van der Waals surface area contributed by atoms with Crippen LogP contribution in [0.15, 0.2) is 36.4 Å². The summed E-state index contributed by atoms with van der Waals surface area (Å²) in [5.74, 6) is 1.56. The Morgan fingerprint density at radius 2 is 1.94 bits per heavy atom. The number of nitrogens with zero attached hydrogens (tertiary/aromatic N) is 2. The van der Waals surface area contributed by atoms with Crippen LogP contribution in [0, 0.1) is 6.92 Å². The van der Waals surface area contributed by atoms with Crippen LogP contribution in [-0.2, 0) is 0 Å². The number of rotatable bonds is 4. The Labute approximate surface area is 101 Å². The average Bonchev–Trinajstić information content (AvgIpc) is 2.37. The van der Waals surface area contributed by atoms with Gasteiger partial charge in [0, 0.05) is 30.4 Å². The number of hydrogen-bond acceptors (Lipinski definition) is 4. The molecule has 1 aromatic heterocycles. The summed E-state index contributed by atoms with van der Waals surface area (Å²) in [4.78, 5) is 8.89. The van der Waals surface area contributed by atoms with Gasteiger partial charge in [0.2, 0.25) is 0 Å². The van der Waals surface area contributed by atoms with Crippen LogP contribution in [0.5, 0.6) is 0 Å². The highest BCUT2D eigenvalue weighted by atomic mass is 15.0. The van der Waals surface area contributed by atoms with Gasteiger partial charge in [-0.1, -0.05) is 30.3 Å². The molecule has 4 heteroatoms. The minimum atomic E-state index is 0.587. The van der Waals surface area contributed by atoms with E-state index in [1.54, 1.807) is 0 Å². The Morgan fingerprint density at radius 1 is 1.18 bits per heavy atom. The largest absolute Gasteiger partial charge is 0.369 e. The summed E-state index contributed by atoms with van der Waals surface area (Å²) in [6.45, 7) is 3.26. The third-order valence-electron chi connectivity index (χ3n) is 2.34. The van der Waals surface area contributed by atoms with Gasteiger partial charge in [-0.15, -0.1) is 0 Å². The predicted octanol–water partition coefficient (Wildman–Crippen LogP) is 1.82. The molecule has 2 rings (SSSR count). The molecule has 0 aliphatic heterocycles. The van der Waals surface area contributed by atoms with Crippen molar-refractivity contribution >= 4 is 5.82 Å². The molecule has 0 atom stereocenters. The van der Waals surface area contributed by atoms with Gasteiger partial charge >= 0.3 is 0 Å². The maximum Gasteiger partial charge on any atom is 0.161 e. The third kappa shape index (κ3) is 3.01. The van der Waals surface area contributed by atoms with E-state index in [1.165, 1.54) is 0 Å². The Morgan fingerprint density at radius 3 is 2.65 bits per heavy atom. The molecule has 0 fully saturated rings. The molecular weight excluding hydrogens is 212 g/mol. The highest BCUT2D eigenvalue weighted by molar-refractivity contribution is 5.57. The second-order valence-corrected chi connectivity index (χ2v) is 3.80. The molecule has 1 aromatic carbocycles. The zero-order chi connectivity index (χ0) is 12.1. The summed E-state index contributed by atoms with van der Waals surface area (Å²) in [6.07, 6.45) is 0. The molecule has 0 saturated heterocycles. The second-order valence-electron chi connectivity index (χ2n) is 3.80. The van der Waals surface area contributed by atoms with Crippen LogP contribution in [0.25, 0.3) is 11.4 Å². The van der Waals surface area contributed by atoms with E-state index in [-0.39, 0.29) is 0 Å². The SMILES string of the molecule is Cc1cc(NCCN)nc(-c2ccccc2)n1. The van der Waals surface area contributed by atoms with E-state index in [4.69, 9.17) is 5.73 Å². The van der Waals surface area contributed by atoms with Crippen molar-refractivity contribution in [2.75, 3.05) is 18.4 Å². The van der Waals surface area contributed by atoms with Crippen molar-refractivity contribution in [3.05, 3.63) is 42.1 Å². The van der Waals surface area contributed by atoms with Crippen LogP contribution in [0.2, 0.25) is 0 Å². The molecule has 4 nitrogen and oxygen atoms in total. The number of nitrogens with two attached hydrogens (primary N) is 1. The van der Waals surface area contributed by atoms with Crippen LogP contribution in [0.4, 0.5) is 5.82 Å². The molecule has 0 aliphatic carbocycles. The summed E-state index contributed by atoms with van der Waals surface area (Å²) in [7, 11) is 0. The first-order chi connectivity index (χ1) is 8.29. The lowest BCUT2D eigenvalue weighted by molar-refractivity contribution is 1.000. The summed E-state index contributed by atoms with van der Waals surface area (Å²) in [6, 6.07) is 11.9. The lowest BCUT2D eigenvalue weighted by Crippen LogP contribution is -2.14. The molecule has 0 spiro atoms. The van der Waals surface area contributed by atoms with Gasteiger partial charge < -0.3 is 11.1 Å². The van der Waals surface area contributed by atoms with Crippen LogP contribution in [-0.4, -0.2) is 23.1 Å². The zero-order valence-electron chi connectivity index (χ0n) is 9.85. The molecule has 2 aromatic rings. The number of nitrogens with one attached hydrogen (secondary N) is 1. The number of hydrogen-bond donors (Lipinski definition) is 2. The molecular formula is C13H16N4. The number of anilines is 1. The fourth-order valence-corrected chi connectivity index (χ4v) is 1.58. The highest BCUT2D eigenvalue weighted by Gasteiger charge is 2.03. The van der Waals surface area contributed by atoms with Crippen LogP contribution in [0.3, 0.4) is 0 Å². The highest BCUT2D eigenvalue weighted by Crippen LogP contribution is 2.17. The van der Waals surface area contributed by atoms with E-state index in [1.807, 2.05) is 43.3 Å². The molecule has 88 valence electrons. The van der Waals surface area contributed by atoms with E-state index in [2.05, 4.69) is 15.3 Å². The van der Waals surface area contributed by atoms with E-state index in [9.17, 15) is 0 Å². The first-order valence-corrected chi connectivity index (χ1v) is 5.64. The maximum absolute atomic E-state index is 5.46. The standard InChI is InChI=1S/C13H16N4/c1-10-9-12(15-8-7-14)17-13(16-10)11-5-3-2-4-6-11/h2-6,9H,7-8,14H2,1H3,(H,15,16,17). The molecule has 1 heterocycles. The predicted molar refractivity (Wildman–Crippen MR) is 69.7 cm³/mol. The van der Waals surface area contributed by atoms with Gasteiger partial charge in [0.05, 0.1) is 0 Å². The van der Waals surface area contributed by atoms with Gasteiger partial charge in [0.15, 0.2) is 5.82 Å². The maximum atomic E-state index is 5.46. The zero-order valence-corrected chi connectivity index (χ0v) is 9.85. The van der Waals surface area contributed by atoms with Gasteiger partial charge in [-0.05, 0) is 6.92 Å². The Balaban J connectivity index is 2.32. The Kier molecular flexibility index (Phi) is 3.67. The Hall–Kier alpha value is -1.94. The molecule has 0 amide bonds. The monoisotopic (exact) mass is 228 g/mol. The van der Waals surface area contributed by atoms with Crippen molar-refractivity contribution in [2.24, 2.45) is 5.73 Å². The Bertz CT molecular complexity index is 482. The van der Waals surface area contributed by atoms with Gasteiger partial charge in [0.1, 0.15) is 5.82 Å². The second kappa shape index (κ2) is 5.41. The molecule has 0 aliphatic rings. The quantitative estimate of drug-likeness (QED) is 0.838. The van der Waals surface area contributed by atoms with E-state index in [0.717, 1.165) is 22.9 Å². The number of aromatic nitrogens is 2. The van der Waals surface area contributed by atoms with E-state index in [0.29, 0.717) is 13.1 Å². The fourth-order valence-electron chi connectivity index (χ4n) is 1.58. The van der Waals surface area contributed by atoms with Gasteiger partial charge in [-0.3, -0.25) is 0 Å². The summed E-state index contributed by atoms with van der Waals surface area (Å²) in [5, 5.41) is 3.17. The summed E-state index contributed by atoms with van der Waals surface area (Å²) in [5.41, 5.74) is 7.42. The topological polar surface area (TPSA) is 63.8 Å². The van der Waals surface area contributed by atoms with Crippen molar-refractivity contribution in [3.63, 3.8) is 0 Å². The molecule has 17 heavy (non-hydrogen) atoms. The van der Waals surface area contributed by atoms with Crippen LogP contribution >= 0.6 is 0 Å². The minimum Gasteiger partial charge on any atom is -0.369 e. The van der Waals surface area contributed by atoms with Crippen LogP contribution < -0.4 is 11.1 Å². The molecule has 0 bridgehead atoms. The summed E-state index contributed by atoms with van der Waals surface area (Å²) < 4.78 is 0. The molecule has 0 radical (unpaired) electrons. The first kappa shape index (κ1) is 11.5. The summed E-state index contributed by atoms with van der Waals surface area (Å²) >= 11 is 0. The van der Waals surface area contributed by atoms with Crippen molar-refractivity contribution < 1.29 is 0 Å². The van der Waals surface area contributed by atoms with Gasteiger partial charge in [0.25, 0.3) is 0 Å². The lowest BCUT2D eigenvalue weighted by Gasteiger charge is -2.07. The van der Waals surface area contributed by atoms with Crippen molar-refractivity contribution in [1.82, 2.24) is 9.97 Å². The van der Waals surface area contributed by atoms with Crippen molar-refractivity contribution in [2.45, 2.75) is 6.92 Å². The fraction of sp³-hybridized carbons (Fsp3) is 0.231. The van der Waals surface area contributed by atoms with Gasteiger partial charge in [-0.2, -0.15) is 0 Å². The van der Waals surface area contributed by atoms with E-state index < -0.39 is 0 Å². The third-order valence-corrected chi connectivity index (χ3v) is 2.34. The smallest absolute Gasteiger partial charge is 0.161 e. The number of benzene rings is 1.